The van der Waals surface area contributed by atoms with Crippen molar-refractivity contribution in [3.05, 3.63) is 45.4 Å². The molecular formula is C21H22N6O3S2. The second-order valence-corrected chi connectivity index (χ2v) is 10.8. The van der Waals surface area contributed by atoms with Gasteiger partial charge in [0.1, 0.15) is 5.03 Å². The minimum absolute atomic E-state index is 0.123. The summed E-state index contributed by atoms with van der Waals surface area (Å²) in [6, 6.07) is 6.91. The lowest BCUT2D eigenvalue weighted by Gasteiger charge is -2.33. The van der Waals surface area contributed by atoms with Crippen molar-refractivity contribution in [2.45, 2.75) is 24.2 Å². The van der Waals surface area contributed by atoms with E-state index in [0.717, 1.165) is 16.0 Å². The Labute approximate surface area is 189 Å². The van der Waals surface area contributed by atoms with Gasteiger partial charge in [0.15, 0.2) is 5.01 Å². The molecule has 9 nitrogen and oxygen atoms in total. The summed E-state index contributed by atoms with van der Waals surface area (Å²) in [5.74, 6) is 2.39. The smallest absolute Gasteiger partial charge is 0.282 e. The van der Waals surface area contributed by atoms with Crippen LogP contribution in [0.2, 0.25) is 0 Å². The zero-order valence-corrected chi connectivity index (χ0v) is 18.8. The molecule has 166 valence electrons. The van der Waals surface area contributed by atoms with Crippen molar-refractivity contribution in [3.8, 4) is 12.3 Å². The number of hydrogen-bond donors (Lipinski definition) is 3. The summed E-state index contributed by atoms with van der Waals surface area (Å²) in [5.41, 5.74) is 8.17. The minimum atomic E-state index is -3.71. The first-order valence-electron chi connectivity index (χ1n) is 10.2. The molecule has 0 spiro atoms. The molecule has 0 saturated carbocycles. The van der Waals surface area contributed by atoms with Gasteiger partial charge >= 0.3 is 0 Å². The van der Waals surface area contributed by atoms with Gasteiger partial charge in [-0.05, 0) is 24.3 Å². The number of aromatic amines is 1. The van der Waals surface area contributed by atoms with Gasteiger partial charge < -0.3 is 15.6 Å². The quantitative estimate of drug-likeness (QED) is 0.484. The van der Waals surface area contributed by atoms with Crippen molar-refractivity contribution >= 4 is 38.2 Å². The number of rotatable bonds is 3. The van der Waals surface area contributed by atoms with Crippen LogP contribution in [0.4, 0.5) is 0 Å². The molecule has 4 N–H and O–H groups in total. The fourth-order valence-electron chi connectivity index (χ4n) is 4.02. The second kappa shape index (κ2) is 7.99. The summed E-state index contributed by atoms with van der Waals surface area (Å²) in [6.07, 6.45) is 5.88. The van der Waals surface area contributed by atoms with E-state index in [2.05, 4.69) is 21.2 Å². The summed E-state index contributed by atoms with van der Waals surface area (Å²) in [5, 5.41) is 4.46. The van der Waals surface area contributed by atoms with Gasteiger partial charge in [-0.2, -0.15) is 4.31 Å². The van der Waals surface area contributed by atoms with E-state index in [0.29, 0.717) is 42.1 Å². The van der Waals surface area contributed by atoms with Gasteiger partial charge in [-0.25, -0.2) is 13.4 Å². The van der Waals surface area contributed by atoms with Crippen molar-refractivity contribution < 1.29 is 13.2 Å². The van der Waals surface area contributed by atoms with Gasteiger partial charge in [0.05, 0.1) is 11.9 Å². The summed E-state index contributed by atoms with van der Waals surface area (Å²) in [7, 11) is -3.71. The topological polar surface area (TPSA) is 124 Å². The Kier molecular flexibility index (Phi) is 5.27. The number of carbonyl (C=O) groups excluding carboxylic acids is 1. The molecule has 2 aliphatic rings. The number of thiazole rings is 1. The van der Waals surface area contributed by atoms with Gasteiger partial charge in [0.25, 0.3) is 15.9 Å². The molecule has 1 amide bonds. The van der Waals surface area contributed by atoms with Crippen LogP contribution >= 0.6 is 11.3 Å². The molecule has 0 bridgehead atoms. The van der Waals surface area contributed by atoms with Crippen LogP contribution in [0.5, 0.6) is 0 Å². The molecule has 3 aromatic rings. The van der Waals surface area contributed by atoms with Crippen molar-refractivity contribution in [2.24, 2.45) is 5.73 Å². The fraction of sp³-hybridized carbons (Fsp3) is 0.333. The standard InChI is InChI=1S/C21H22N6O3S2/c1-2-13-3-4-15-14(9-13)10-19(24-15)32(29,30)27-7-5-26(6-8-27)21(28)20-25-16-11-18(22)23-12-17(16)31-20/h1,3-4,9-10,18,23-24H,5-8,11-12,22H2. The third-order valence-electron chi connectivity index (χ3n) is 5.81. The summed E-state index contributed by atoms with van der Waals surface area (Å²) >= 11 is 1.38. The normalized spacial score (nSPS) is 19.6. The number of sulfonamides is 1. The van der Waals surface area contributed by atoms with Crippen LogP contribution in [0.1, 0.15) is 25.9 Å². The van der Waals surface area contributed by atoms with E-state index in [1.807, 2.05) is 0 Å². The maximum absolute atomic E-state index is 13.1. The summed E-state index contributed by atoms with van der Waals surface area (Å²) in [6.45, 7) is 1.66. The van der Waals surface area contributed by atoms with E-state index in [1.165, 1.54) is 15.6 Å². The lowest BCUT2D eigenvalue weighted by Crippen LogP contribution is -2.50. The van der Waals surface area contributed by atoms with Crippen LogP contribution in [0.25, 0.3) is 10.9 Å². The van der Waals surface area contributed by atoms with E-state index >= 15 is 0 Å². The monoisotopic (exact) mass is 470 g/mol. The number of aromatic nitrogens is 2. The first kappa shape index (κ1) is 21.1. The van der Waals surface area contributed by atoms with Gasteiger partial charge in [-0.1, -0.05) is 5.92 Å². The Morgan fingerprint density at radius 1 is 1.25 bits per heavy atom. The molecule has 2 aromatic heterocycles. The van der Waals surface area contributed by atoms with E-state index < -0.39 is 10.0 Å². The lowest BCUT2D eigenvalue weighted by atomic mass is 10.2. The van der Waals surface area contributed by atoms with E-state index in [-0.39, 0.29) is 30.2 Å². The molecule has 4 heterocycles. The predicted octanol–water partition coefficient (Wildman–Crippen LogP) is 0.683. The number of nitrogens with zero attached hydrogens (tertiary/aromatic N) is 3. The van der Waals surface area contributed by atoms with E-state index in [1.54, 1.807) is 29.2 Å². The van der Waals surface area contributed by atoms with Crippen LogP contribution < -0.4 is 11.1 Å². The number of nitrogens with two attached hydrogens (primary N) is 1. The van der Waals surface area contributed by atoms with Crippen molar-refractivity contribution in [3.63, 3.8) is 0 Å². The maximum atomic E-state index is 13.1. The number of hydrogen-bond acceptors (Lipinski definition) is 7. The molecule has 1 aromatic carbocycles. The van der Waals surface area contributed by atoms with Crippen LogP contribution in [-0.2, 0) is 23.0 Å². The summed E-state index contributed by atoms with van der Waals surface area (Å²) < 4.78 is 27.7. The van der Waals surface area contributed by atoms with Gasteiger partial charge in [0.2, 0.25) is 0 Å². The highest BCUT2D eigenvalue weighted by Crippen LogP contribution is 2.26. The second-order valence-electron chi connectivity index (χ2n) is 7.86. The zero-order valence-electron chi connectivity index (χ0n) is 17.2. The first-order chi connectivity index (χ1) is 15.3. The van der Waals surface area contributed by atoms with Gasteiger partial charge in [-0.15, -0.1) is 17.8 Å². The largest absolute Gasteiger partial charge is 0.345 e. The molecule has 32 heavy (non-hydrogen) atoms. The maximum Gasteiger partial charge on any atom is 0.282 e. The Morgan fingerprint density at radius 2 is 2.03 bits per heavy atom. The Morgan fingerprint density at radius 3 is 2.78 bits per heavy atom. The Hall–Kier alpha value is -2.75. The average Bonchev–Trinajstić information content (AvgIpc) is 3.42. The van der Waals surface area contributed by atoms with Crippen molar-refractivity contribution in [1.82, 2.24) is 24.5 Å². The molecule has 1 atom stereocenters. The highest BCUT2D eigenvalue weighted by molar-refractivity contribution is 7.89. The molecule has 1 saturated heterocycles. The highest BCUT2D eigenvalue weighted by atomic mass is 32.2. The third kappa shape index (κ3) is 3.70. The van der Waals surface area contributed by atoms with Crippen molar-refractivity contribution in [1.29, 1.82) is 0 Å². The number of benzene rings is 1. The average molecular weight is 471 g/mol. The number of carbonyl (C=O) groups is 1. The number of terminal acetylenes is 1. The van der Waals surface area contributed by atoms with Gasteiger partial charge in [0, 0.05) is 60.5 Å². The number of piperazine rings is 1. The molecule has 0 radical (unpaired) electrons. The van der Waals surface area contributed by atoms with Crippen LogP contribution in [0, 0.1) is 12.3 Å². The molecule has 2 aliphatic heterocycles. The number of fused-ring (bicyclic) bond motifs is 2. The van der Waals surface area contributed by atoms with E-state index in [4.69, 9.17) is 12.2 Å². The molecule has 1 unspecified atom stereocenters. The summed E-state index contributed by atoms with van der Waals surface area (Å²) in [4.78, 5) is 23.1. The fourth-order valence-corrected chi connectivity index (χ4v) is 6.46. The number of nitrogens with one attached hydrogen (secondary N) is 2. The zero-order chi connectivity index (χ0) is 22.5. The van der Waals surface area contributed by atoms with Crippen LogP contribution in [-0.4, -0.2) is 65.8 Å². The lowest BCUT2D eigenvalue weighted by molar-refractivity contribution is 0.0697. The Bertz CT molecular complexity index is 1350. The number of amides is 1. The van der Waals surface area contributed by atoms with Crippen molar-refractivity contribution in [2.75, 3.05) is 26.2 Å². The highest BCUT2D eigenvalue weighted by Gasteiger charge is 2.33. The molecule has 0 aliphatic carbocycles. The SMILES string of the molecule is C#Cc1ccc2[nH]c(S(=O)(=O)N3CCN(C(=O)c4nc5c(s4)CNC(N)C5)CC3)cc2c1. The molecule has 1 fully saturated rings. The predicted molar refractivity (Wildman–Crippen MR) is 122 cm³/mol. The molecule has 11 heteroatoms. The third-order valence-corrected chi connectivity index (χ3v) is 8.71. The van der Waals surface area contributed by atoms with E-state index in [9.17, 15) is 13.2 Å². The Balaban J connectivity index is 1.29. The van der Waals surface area contributed by atoms with Crippen LogP contribution in [0.15, 0.2) is 29.3 Å². The molecular weight excluding hydrogens is 448 g/mol. The van der Waals surface area contributed by atoms with Crippen LogP contribution in [0.3, 0.4) is 0 Å². The van der Waals surface area contributed by atoms with Gasteiger partial charge in [-0.3, -0.25) is 10.1 Å². The number of H-pyrrole nitrogens is 1. The molecule has 5 rings (SSSR count). The first-order valence-corrected chi connectivity index (χ1v) is 12.5. The minimum Gasteiger partial charge on any atom is -0.345 e.